The second-order valence-corrected chi connectivity index (χ2v) is 4.92. The minimum absolute atomic E-state index is 0.133. The van der Waals surface area contributed by atoms with Gasteiger partial charge >= 0.3 is 5.97 Å². The molecule has 0 radical (unpaired) electrons. The van der Waals surface area contributed by atoms with Gasteiger partial charge in [0.1, 0.15) is 5.76 Å². The van der Waals surface area contributed by atoms with Gasteiger partial charge in [-0.3, -0.25) is 4.79 Å². The molecular formula is C18H10O3. The maximum atomic E-state index is 12.2. The standard InChI is InChI=1S/C18H10O3/c19-14-10-15-17(13-9-5-4-8-12(13)14)16(18(20)21-15)11-6-2-1-3-7-11/h1-10H. The highest BCUT2D eigenvalue weighted by Gasteiger charge is 2.36. The van der Waals surface area contributed by atoms with Gasteiger partial charge in [-0.1, -0.05) is 54.6 Å². The molecule has 4 rings (SSSR count). The molecule has 100 valence electrons. The largest absolute Gasteiger partial charge is 0.422 e. The first-order valence-corrected chi connectivity index (χ1v) is 6.63. The molecule has 3 heteroatoms. The van der Waals surface area contributed by atoms with Gasteiger partial charge in [0, 0.05) is 17.2 Å². The summed E-state index contributed by atoms with van der Waals surface area (Å²) >= 11 is 0. The van der Waals surface area contributed by atoms with Gasteiger partial charge in [0.2, 0.25) is 0 Å². The van der Waals surface area contributed by atoms with Crippen LogP contribution in [0.15, 0.2) is 66.4 Å². The predicted molar refractivity (Wildman–Crippen MR) is 78.2 cm³/mol. The molecule has 0 fully saturated rings. The van der Waals surface area contributed by atoms with Gasteiger partial charge in [-0.05, 0) is 11.1 Å². The zero-order valence-electron chi connectivity index (χ0n) is 11.0. The van der Waals surface area contributed by atoms with E-state index in [-0.39, 0.29) is 5.78 Å². The van der Waals surface area contributed by atoms with Crippen LogP contribution in [0.25, 0.3) is 11.1 Å². The summed E-state index contributed by atoms with van der Waals surface area (Å²) in [5.74, 6) is -0.194. The van der Waals surface area contributed by atoms with Crippen molar-refractivity contribution in [2.24, 2.45) is 0 Å². The summed E-state index contributed by atoms with van der Waals surface area (Å²) < 4.78 is 5.29. The van der Waals surface area contributed by atoms with E-state index in [1.807, 2.05) is 48.5 Å². The maximum absolute atomic E-state index is 12.2. The van der Waals surface area contributed by atoms with Crippen molar-refractivity contribution >= 4 is 22.9 Å². The number of rotatable bonds is 1. The average Bonchev–Trinajstić information content (AvgIpc) is 2.84. The van der Waals surface area contributed by atoms with Gasteiger partial charge in [-0.2, -0.15) is 0 Å². The molecule has 2 aliphatic rings. The highest BCUT2D eigenvalue weighted by atomic mass is 16.5. The molecule has 2 aromatic carbocycles. The summed E-state index contributed by atoms with van der Waals surface area (Å²) in [5.41, 5.74) is 3.38. The molecule has 0 bridgehead atoms. The molecule has 0 N–H and O–H groups in total. The third kappa shape index (κ3) is 1.68. The van der Waals surface area contributed by atoms with Crippen molar-refractivity contribution in [3.63, 3.8) is 0 Å². The topological polar surface area (TPSA) is 43.4 Å². The van der Waals surface area contributed by atoms with Crippen LogP contribution in [0.3, 0.4) is 0 Å². The zero-order chi connectivity index (χ0) is 14.4. The Kier molecular flexibility index (Phi) is 2.42. The van der Waals surface area contributed by atoms with E-state index in [4.69, 9.17) is 4.74 Å². The summed E-state index contributed by atoms with van der Waals surface area (Å²) in [6.45, 7) is 0. The lowest BCUT2D eigenvalue weighted by Crippen LogP contribution is -2.08. The van der Waals surface area contributed by atoms with Crippen molar-refractivity contribution in [2.45, 2.75) is 0 Å². The van der Waals surface area contributed by atoms with Gasteiger partial charge < -0.3 is 4.74 Å². The van der Waals surface area contributed by atoms with Gasteiger partial charge in [-0.25, -0.2) is 4.79 Å². The Morgan fingerprint density at radius 1 is 0.714 bits per heavy atom. The van der Waals surface area contributed by atoms with Crippen LogP contribution < -0.4 is 0 Å². The summed E-state index contributed by atoms with van der Waals surface area (Å²) in [6.07, 6.45) is 1.39. The van der Waals surface area contributed by atoms with Crippen molar-refractivity contribution in [2.75, 3.05) is 0 Å². The number of carbonyl (C=O) groups is 2. The average molecular weight is 274 g/mol. The minimum atomic E-state index is -0.410. The van der Waals surface area contributed by atoms with Crippen LogP contribution in [-0.2, 0) is 9.53 Å². The van der Waals surface area contributed by atoms with E-state index < -0.39 is 5.97 Å². The molecule has 0 unspecified atom stereocenters. The molecule has 3 nitrogen and oxygen atoms in total. The van der Waals surface area contributed by atoms with Gasteiger partial charge in [0.05, 0.1) is 5.57 Å². The molecule has 1 heterocycles. The van der Waals surface area contributed by atoms with Crippen LogP contribution in [0, 0.1) is 0 Å². The van der Waals surface area contributed by atoms with Crippen molar-refractivity contribution in [3.8, 4) is 0 Å². The first-order valence-electron chi connectivity index (χ1n) is 6.63. The Bertz CT molecular complexity index is 842. The van der Waals surface area contributed by atoms with Crippen LogP contribution in [0.1, 0.15) is 21.5 Å². The molecule has 0 atom stereocenters. The van der Waals surface area contributed by atoms with Crippen molar-refractivity contribution in [1.29, 1.82) is 0 Å². The molecule has 21 heavy (non-hydrogen) atoms. The molecule has 1 aliphatic heterocycles. The Hall–Kier alpha value is -2.94. The van der Waals surface area contributed by atoms with Gasteiger partial charge in [-0.15, -0.1) is 0 Å². The molecule has 2 aromatic rings. The Labute approximate surface area is 121 Å². The Balaban J connectivity index is 2.06. The molecule has 0 saturated heterocycles. The monoisotopic (exact) mass is 274 g/mol. The lowest BCUT2D eigenvalue weighted by atomic mass is 9.87. The number of ether oxygens (including phenoxy) is 1. The van der Waals surface area contributed by atoms with Crippen LogP contribution in [0.5, 0.6) is 0 Å². The fourth-order valence-corrected chi connectivity index (χ4v) is 2.78. The zero-order valence-corrected chi connectivity index (χ0v) is 11.0. The minimum Gasteiger partial charge on any atom is -0.422 e. The van der Waals surface area contributed by atoms with Gasteiger partial charge in [0.25, 0.3) is 0 Å². The SMILES string of the molecule is O=C1OC2=CC(=O)c3ccccc3C2=C1c1ccccc1. The number of benzene rings is 2. The predicted octanol–water partition coefficient (Wildman–Crippen LogP) is 3.23. The summed E-state index contributed by atoms with van der Waals surface area (Å²) in [7, 11) is 0. The number of hydrogen-bond acceptors (Lipinski definition) is 3. The van der Waals surface area contributed by atoms with Crippen LogP contribution in [0.4, 0.5) is 0 Å². The lowest BCUT2D eigenvalue weighted by molar-refractivity contribution is -0.131. The molecule has 1 aliphatic carbocycles. The summed E-state index contributed by atoms with van der Waals surface area (Å²) in [6, 6.07) is 16.7. The summed E-state index contributed by atoms with van der Waals surface area (Å²) in [4.78, 5) is 24.3. The Morgan fingerprint density at radius 2 is 1.38 bits per heavy atom. The van der Waals surface area contributed by atoms with Crippen LogP contribution >= 0.6 is 0 Å². The van der Waals surface area contributed by atoms with E-state index in [9.17, 15) is 9.59 Å². The normalized spacial score (nSPS) is 16.3. The van der Waals surface area contributed by atoms with E-state index >= 15 is 0 Å². The highest BCUT2D eigenvalue weighted by Crippen LogP contribution is 2.43. The number of hydrogen-bond donors (Lipinski definition) is 0. The smallest absolute Gasteiger partial charge is 0.344 e. The number of carbonyl (C=O) groups excluding carboxylic acids is 2. The third-order valence-electron chi connectivity index (χ3n) is 3.69. The number of fused-ring (bicyclic) bond motifs is 3. The molecule has 0 spiro atoms. The lowest BCUT2D eigenvalue weighted by Gasteiger charge is -2.14. The molecule has 0 saturated carbocycles. The maximum Gasteiger partial charge on any atom is 0.344 e. The van der Waals surface area contributed by atoms with Crippen molar-refractivity contribution < 1.29 is 14.3 Å². The van der Waals surface area contributed by atoms with E-state index in [1.165, 1.54) is 6.08 Å². The van der Waals surface area contributed by atoms with Crippen molar-refractivity contribution in [3.05, 3.63) is 83.1 Å². The molecule has 0 aromatic heterocycles. The first kappa shape index (κ1) is 11.9. The molecular weight excluding hydrogens is 264 g/mol. The Morgan fingerprint density at radius 3 is 2.14 bits per heavy atom. The quantitative estimate of drug-likeness (QED) is 0.750. The highest BCUT2D eigenvalue weighted by molar-refractivity contribution is 6.33. The van der Waals surface area contributed by atoms with Gasteiger partial charge in [0.15, 0.2) is 5.78 Å². The fraction of sp³-hybridized carbons (Fsp3) is 0. The second kappa shape index (κ2) is 4.28. The second-order valence-electron chi connectivity index (χ2n) is 4.92. The fourth-order valence-electron chi connectivity index (χ4n) is 2.78. The van der Waals surface area contributed by atoms with E-state index in [0.717, 1.165) is 11.1 Å². The van der Waals surface area contributed by atoms with Crippen molar-refractivity contribution in [1.82, 2.24) is 0 Å². The first-order chi connectivity index (χ1) is 10.3. The number of ketones is 1. The summed E-state index contributed by atoms with van der Waals surface area (Å²) in [5, 5.41) is 0. The van der Waals surface area contributed by atoms with E-state index in [1.54, 1.807) is 6.07 Å². The van der Waals surface area contributed by atoms with E-state index in [2.05, 4.69) is 0 Å². The number of allylic oxidation sites excluding steroid dienone is 2. The van der Waals surface area contributed by atoms with E-state index in [0.29, 0.717) is 22.5 Å². The third-order valence-corrected chi connectivity index (χ3v) is 3.69. The van der Waals surface area contributed by atoms with Crippen LogP contribution in [0.2, 0.25) is 0 Å². The number of esters is 1. The molecule has 0 amide bonds. The van der Waals surface area contributed by atoms with Crippen LogP contribution in [-0.4, -0.2) is 11.8 Å².